The van der Waals surface area contributed by atoms with Crippen LogP contribution in [0, 0.1) is 5.41 Å². The summed E-state index contributed by atoms with van der Waals surface area (Å²) in [6, 6.07) is 12.9. The number of allylic oxidation sites excluding steroid dienone is 4. The molecule has 7 heteroatoms. The Kier molecular flexibility index (Phi) is 10.1. The molecule has 0 aliphatic carbocycles. The Bertz CT molecular complexity index is 1930. The fraction of sp³-hybridized carbons (Fsp3) is 0.500. The van der Waals surface area contributed by atoms with Crippen molar-refractivity contribution in [3.8, 4) is 0 Å². The van der Waals surface area contributed by atoms with Crippen molar-refractivity contribution >= 4 is 22.6 Å². The van der Waals surface area contributed by atoms with Crippen LogP contribution in [0.15, 0.2) is 96.9 Å². The third-order valence-electron chi connectivity index (χ3n) is 14.4. The fourth-order valence-corrected chi connectivity index (χ4v) is 10.5. The van der Waals surface area contributed by atoms with Crippen LogP contribution in [0.5, 0.6) is 0 Å². The first-order chi connectivity index (χ1) is 26.4. The molecule has 6 aliphatic heterocycles. The van der Waals surface area contributed by atoms with Gasteiger partial charge in [-0.25, -0.2) is 0 Å². The smallest absolute Gasteiger partial charge is 0.106 e. The molecule has 0 aromatic heterocycles. The normalized spacial score (nSPS) is 23.8. The van der Waals surface area contributed by atoms with Crippen LogP contribution in [0.1, 0.15) is 88.5 Å². The molecule has 1 spiro atoms. The summed E-state index contributed by atoms with van der Waals surface area (Å²) in [7, 11) is 4.27. The minimum atomic E-state index is 0.192. The van der Waals surface area contributed by atoms with Gasteiger partial charge < -0.3 is 24.9 Å². The van der Waals surface area contributed by atoms with E-state index in [1.807, 2.05) is 0 Å². The summed E-state index contributed by atoms with van der Waals surface area (Å²) in [4.78, 5) is 15.0. The highest BCUT2D eigenvalue weighted by Gasteiger charge is 2.47. The maximum atomic E-state index is 4.48. The molecule has 0 bridgehead atoms. The minimum absolute atomic E-state index is 0.192. The third kappa shape index (κ3) is 6.75. The van der Waals surface area contributed by atoms with E-state index in [1.54, 1.807) is 5.56 Å². The molecule has 7 nitrogen and oxygen atoms in total. The second kappa shape index (κ2) is 14.7. The number of likely N-dealkylation sites (tertiary alicyclic amines) is 2. The summed E-state index contributed by atoms with van der Waals surface area (Å²) in [6.07, 6.45) is 11.5. The number of anilines is 3. The quantitative estimate of drug-likeness (QED) is 0.289. The molecule has 55 heavy (non-hydrogen) atoms. The summed E-state index contributed by atoms with van der Waals surface area (Å²) in [5.41, 5.74) is 17.4. The standard InChI is InChI=1S/C48H65N7/c1-11-38-25-40(43-28-50(9)36(7)33(4)34(43)5)26-39(12-2)44(38)29-52-21-17-41(18-22-52)54-30-48(31-54)19-23-53(24-20-48)42-14-16-46-47(27-42)51(10)37(8)55(46)45-15-13-32(3)49-35(45)6/h14,16,25-28,41,45,49H,3,6-8,11-13,15,17-24,29-31H2,1-2,4-5,9-10H3. The second-order valence-corrected chi connectivity index (χ2v) is 17.6. The van der Waals surface area contributed by atoms with Crippen molar-refractivity contribution in [2.24, 2.45) is 5.41 Å². The number of nitrogens with one attached hydrogen (secondary N) is 1. The average molecular weight is 740 g/mol. The zero-order valence-corrected chi connectivity index (χ0v) is 34.7. The number of piperidine rings is 3. The van der Waals surface area contributed by atoms with E-state index in [9.17, 15) is 0 Å². The Hall–Kier alpha value is -4.20. The SMILES string of the molecule is C=C1CCC(N2C(=C)N(C)c3cc(N4CCC5(CC4)CN(C4CCN(Cc6c(CC)cc(C7=CN(C)C(=C)C(C)=C7C)cc6CC)CC4)C5)ccc32)C(=C)N1. The van der Waals surface area contributed by atoms with Gasteiger partial charge in [-0.15, -0.1) is 0 Å². The van der Waals surface area contributed by atoms with E-state index in [2.05, 4.69) is 139 Å². The van der Waals surface area contributed by atoms with Crippen LogP contribution in [0.4, 0.5) is 17.1 Å². The molecule has 2 aromatic carbocycles. The van der Waals surface area contributed by atoms with E-state index in [0.717, 1.165) is 74.3 Å². The minimum Gasteiger partial charge on any atom is -0.371 e. The van der Waals surface area contributed by atoms with Gasteiger partial charge in [0.25, 0.3) is 0 Å². The van der Waals surface area contributed by atoms with Crippen LogP contribution >= 0.6 is 0 Å². The van der Waals surface area contributed by atoms with E-state index in [4.69, 9.17) is 0 Å². The van der Waals surface area contributed by atoms with E-state index >= 15 is 0 Å². The van der Waals surface area contributed by atoms with Crippen molar-refractivity contribution in [2.45, 2.75) is 97.7 Å². The van der Waals surface area contributed by atoms with Gasteiger partial charge in [-0.3, -0.25) is 9.80 Å². The van der Waals surface area contributed by atoms with Crippen molar-refractivity contribution in [3.05, 3.63) is 119 Å². The Morgan fingerprint density at radius 2 is 1.49 bits per heavy atom. The van der Waals surface area contributed by atoms with Crippen molar-refractivity contribution in [2.75, 3.05) is 68.1 Å². The highest BCUT2D eigenvalue weighted by Crippen LogP contribution is 2.48. The Balaban J connectivity index is 0.847. The average Bonchev–Trinajstić information content (AvgIpc) is 3.42. The molecular weight excluding hydrogens is 675 g/mol. The molecule has 0 amide bonds. The van der Waals surface area contributed by atoms with Gasteiger partial charge in [0.05, 0.1) is 17.4 Å². The second-order valence-electron chi connectivity index (χ2n) is 17.6. The lowest BCUT2D eigenvalue weighted by molar-refractivity contribution is -0.0616. The summed E-state index contributed by atoms with van der Waals surface area (Å²) >= 11 is 0. The van der Waals surface area contributed by atoms with Gasteiger partial charge in [-0.2, -0.15) is 0 Å². The maximum Gasteiger partial charge on any atom is 0.106 e. The van der Waals surface area contributed by atoms with Crippen LogP contribution in [-0.4, -0.2) is 80.1 Å². The first-order valence-corrected chi connectivity index (χ1v) is 21.1. The number of likely N-dealkylation sites (N-methyl/N-ethyl adjacent to an activating group) is 1. The lowest BCUT2D eigenvalue weighted by Gasteiger charge is -2.57. The summed E-state index contributed by atoms with van der Waals surface area (Å²) in [5.74, 6) is 1.02. The van der Waals surface area contributed by atoms with Crippen LogP contribution in [0.2, 0.25) is 0 Å². The Morgan fingerprint density at radius 3 is 2.13 bits per heavy atom. The van der Waals surface area contributed by atoms with Crippen molar-refractivity contribution in [3.63, 3.8) is 0 Å². The zero-order chi connectivity index (χ0) is 38.8. The van der Waals surface area contributed by atoms with Crippen molar-refractivity contribution < 1.29 is 0 Å². The molecule has 8 rings (SSSR count). The van der Waals surface area contributed by atoms with Crippen molar-refractivity contribution in [1.82, 2.24) is 20.0 Å². The predicted octanol–water partition coefficient (Wildman–Crippen LogP) is 9.02. The molecule has 6 aliphatic rings. The predicted molar refractivity (Wildman–Crippen MR) is 233 cm³/mol. The summed E-state index contributed by atoms with van der Waals surface area (Å²) in [6.45, 7) is 34.7. The van der Waals surface area contributed by atoms with Gasteiger partial charge in [0.2, 0.25) is 0 Å². The van der Waals surface area contributed by atoms with E-state index in [1.165, 1.54) is 102 Å². The number of hydrogen-bond donors (Lipinski definition) is 1. The maximum absolute atomic E-state index is 4.48. The Labute approximate surface area is 332 Å². The molecule has 292 valence electrons. The first kappa shape index (κ1) is 37.7. The number of nitrogens with zero attached hydrogens (tertiary/aromatic N) is 6. The number of rotatable bonds is 8. The lowest BCUT2D eigenvalue weighted by atomic mass is 9.70. The van der Waals surface area contributed by atoms with E-state index < -0.39 is 0 Å². The van der Waals surface area contributed by atoms with Gasteiger partial charge >= 0.3 is 0 Å². The van der Waals surface area contributed by atoms with Gasteiger partial charge in [0.15, 0.2) is 0 Å². The molecule has 4 fully saturated rings. The number of benzene rings is 2. The molecule has 0 radical (unpaired) electrons. The first-order valence-electron chi connectivity index (χ1n) is 21.1. The summed E-state index contributed by atoms with van der Waals surface area (Å²) in [5, 5.41) is 3.40. The van der Waals surface area contributed by atoms with E-state index in [-0.39, 0.29) is 6.04 Å². The topological polar surface area (TPSA) is 31.5 Å². The van der Waals surface area contributed by atoms with Gasteiger partial charge in [0, 0.05) is 87.4 Å². The van der Waals surface area contributed by atoms with Gasteiger partial charge in [-0.05, 0) is 135 Å². The molecule has 6 heterocycles. The molecule has 1 N–H and O–H groups in total. The van der Waals surface area contributed by atoms with Crippen LogP contribution in [-0.2, 0) is 19.4 Å². The molecule has 2 aromatic rings. The monoisotopic (exact) mass is 740 g/mol. The van der Waals surface area contributed by atoms with Gasteiger partial charge in [0.1, 0.15) is 5.82 Å². The van der Waals surface area contributed by atoms with Crippen molar-refractivity contribution in [1.29, 1.82) is 0 Å². The lowest BCUT2D eigenvalue weighted by Crippen LogP contribution is -2.64. The third-order valence-corrected chi connectivity index (χ3v) is 14.4. The molecule has 0 saturated carbocycles. The molecular formula is C48H65N7. The fourth-order valence-electron chi connectivity index (χ4n) is 10.5. The molecule has 4 saturated heterocycles. The molecule has 1 atom stereocenters. The van der Waals surface area contributed by atoms with Crippen LogP contribution in [0.25, 0.3) is 5.57 Å². The summed E-state index contributed by atoms with van der Waals surface area (Å²) < 4.78 is 0. The number of hydrogen-bond acceptors (Lipinski definition) is 7. The van der Waals surface area contributed by atoms with Crippen LogP contribution in [0.3, 0.4) is 0 Å². The van der Waals surface area contributed by atoms with Crippen LogP contribution < -0.4 is 20.0 Å². The Morgan fingerprint density at radius 1 is 0.818 bits per heavy atom. The number of aryl methyl sites for hydroxylation is 2. The number of fused-ring (bicyclic) bond motifs is 1. The highest BCUT2D eigenvalue weighted by atomic mass is 15.4. The largest absolute Gasteiger partial charge is 0.371 e. The van der Waals surface area contributed by atoms with E-state index in [0.29, 0.717) is 5.41 Å². The molecule has 1 unspecified atom stereocenters. The zero-order valence-electron chi connectivity index (χ0n) is 34.7. The van der Waals surface area contributed by atoms with Gasteiger partial charge in [-0.1, -0.05) is 52.3 Å². The highest BCUT2D eigenvalue weighted by molar-refractivity contribution is 5.86.